The molecule has 0 fully saturated rings. The fourth-order valence-electron chi connectivity index (χ4n) is 4.96. The molecule has 0 aromatic rings. The van der Waals surface area contributed by atoms with Crippen LogP contribution in [0, 0.1) is 0 Å². The van der Waals surface area contributed by atoms with Crippen LogP contribution in [0.2, 0.25) is 0 Å². The summed E-state index contributed by atoms with van der Waals surface area (Å²) in [6, 6.07) is 0. The first-order valence-electron chi connectivity index (χ1n) is 13.2. The first-order chi connectivity index (χ1) is 14.4. The molecule has 0 aliphatic rings. The zero-order valence-corrected chi connectivity index (χ0v) is 22.8. The van der Waals surface area contributed by atoms with Crippen LogP contribution in [0.1, 0.15) is 107 Å². The van der Waals surface area contributed by atoms with E-state index < -0.39 is 7.52 Å². The average molecular weight is 451 g/mol. The van der Waals surface area contributed by atoms with Crippen molar-refractivity contribution in [2.24, 2.45) is 0 Å². The van der Waals surface area contributed by atoms with Crippen LogP contribution in [0.5, 0.6) is 0 Å². The van der Waals surface area contributed by atoms with Crippen molar-refractivity contribution in [3.8, 4) is 0 Å². The fourth-order valence-corrected chi connectivity index (χ4v) is 11.5. The van der Waals surface area contributed by atoms with E-state index in [-0.39, 0.29) is 0 Å². The van der Waals surface area contributed by atoms with E-state index >= 15 is 4.20 Å². The van der Waals surface area contributed by atoms with Gasteiger partial charge in [0.2, 0.25) is 0 Å². The number of hydrogen-bond acceptors (Lipinski definition) is 4. The van der Waals surface area contributed by atoms with E-state index in [1.807, 2.05) is 0 Å². The van der Waals surface area contributed by atoms with Gasteiger partial charge in [0.15, 0.2) is 0 Å². The second-order valence-corrected chi connectivity index (χ2v) is 12.6. The summed E-state index contributed by atoms with van der Waals surface area (Å²) in [6.07, 6.45) is 7.94. The number of rotatable bonds is 20. The predicted octanol–water partition coefficient (Wildman–Crippen LogP) is 7.57. The van der Waals surface area contributed by atoms with Gasteiger partial charge in [-0.15, -0.1) is 0 Å². The van der Waals surface area contributed by atoms with E-state index in [4.69, 9.17) is 0 Å². The molecular formula is C24H56FN4P. The van der Waals surface area contributed by atoms with Crippen LogP contribution in [0.3, 0.4) is 0 Å². The van der Waals surface area contributed by atoms with Crippen molar-refractivity contribution >= 4 is 7.52 Å². The molecule has 0 heterocycles. The molecule has 0 radical (unpaired) electrons. The second-order valence-electron chi connectivity index (χ2n) is 8.65. The quantitative estimate of drug-likeness (QED) is 0.177. The van der Waals surface area contributed by atoms with Gasteiger partial charge in [-0.25, -0.2) is 0 Å². The third-order valence-electron chi connectivity index (χ3n) is 5.80. The molecule has 6 heteroatoms. The normalized spacial score (nSPS) is 14.2. The Labute approximate surface area is 189 Å². The Hall–Kier alpha value is 0.200. The van der Waals surface area contributed by atoms with Crippen molar-refractivity contribution in [1.82, 2.24) is 18.7 Å². The Bertz CT molecular complexity index is 325. The molecule has 0 saturated carbocycles. The van der Waals surface area contributed by atoms with Crippen LogP contribution in [0.25, 0.3) is 0 Å². The van der Waals surface area contributed by atoms with Gasteiger partial charge in [0.05, 0.1) is 0 Å². The van der Waals surface area contributed by atoms with E-state index in [0.717, 1.165) is 104 Å². The van der Waals surface area contributed by atoms with Crippen LogP contribution in [0.15, 0.2) is 0 Å². The Balaban J connectivity index is 7.19. The van der Waals surface area contributed by atoms with E-state index in [1.165, 1.54) is 0 Å². The topological polar surface area (TPSA) is 13.0 Å². The van der Waals surface area contributed by atoms with Crippen molar-refractivity contribution in [2.45, 2.75) is 107 Å². The van der Waals surface area contributed by atoms with Crippen molar-refractivity contribution in [3.05, 3.63) is 0 Å². The minimum absolute atomic E-state index is 0.833. The molecule has 0 N–H and O–H groups in total. The van der Waals surface area contributed by atoms with E-state index in [1.54, 1.807) is 0 Å². The van der Waals surface area contributed by atoms with Gasteiger partial charge in [-0.3, -0.25) is 0 Å². The van der Waals surface area contributed by atoms with Crippen LogP contribution in [-0.2, 0) is 0 Å². The van der Waals surface area contributed by atoms with Crippen LogP contribution < -0.4 is 0 Å². The van der Waals surface area contributed by atoms with Crippen LogP contribution >= 0.6 is 7.52 Å². The fraction of sp³-hybridized carbons (Fsp3) is 1.00. The first kappa shape index (κ1) is 30.2. The van der Waals surface area contributed by atoms with Gasteiger partial charge in [-0.05, 0) is 0 Å². The Morgan fingerprint density at radius 2 is 0.500 bits per heavy atom. The maximum atomic E-state index is 19.2. The van der Waals surface area contributed by atoms with Gasteiger partial charge < -0.3 is 0 Å². The van der Waals surface area contributed by atoms with Crippen LogP contribution in [-0.4, -0.2) is 71.0 Å². The Kier molecular flexibility index (Phi) is 16.0. The molecule has 0 saturated heterocycles. The Morgan fingerprint density at radius 1 is 0.367 bits per heavy atom. The monoisotopic (exact) mass is 450 g/mol. The predicted molar refractivity (Wildman–Crippen MR) is 137 cm³/mol. The molecule has 0 bridgehead atoms. The summed E-state index contributed by atoms with van der Waals surface area (Å²) in [4.78, 5) is 0. The maximum absolute atomic E-state index is 19.2. The van der Waals surface area contributed by atoms with Crippen molar-refractivity contribution in [3.63, 3.8) is 0 Å². The second kappa shape index (κ2) is 15.9. The molecule has 0 aromatic carbocycles. The molecule has 4 nitrogen and oxygen atoms in total. The molecule has 0 aliphatic heterocycles. The molecule has 0 unspecified atom stereocenters. The molecule has 0 atom stereocenters. The van der Waals surface area contributed by atoms with Gasteiger partial charge in [-0.2, -0.15) is 0 Å². The van der Waals surface area contributed by atoms with Gasteiger partial charge in [0, 0.05) is 0 Å². The van der Waals surface area contributed by atoms with Crippen LogP contribution in [0.4, 0.5) is 4.20 Å². The van der Waals surface area contributed by atoms with Gasteiger partial charge in [-0.1, -0.05) is 0 Å². The summed E-state index contributed by atoms with van der Waals surface area (Å²) in [7, 11) is -4.17. The zero-order valence-electron chi connectivity index (χ0n) is 21.9. The summed E-state index contributed by atoms with van der Waals surface area (Å²) >= 11 is 0. The molecule has 0 aliphatic carbocycles. The minimum atomic E-state index is -4.17. The molecule has 0 rings (SSSR count). The molecule has 0 spiro atoms. The Morgan fingerprint density at radius 3 is 0.600 bits per heavy atom. The summed E-state index contributed by atoms with van der Waals surface area (Å²) in [5.41, 5.74) is 0. The summed E-state index contributed by atoms with van der Waals surface area (Å²) < 4.78 is 28.5. The number of halogens is 1. The zero-order chi connectivity index (χ0) is 23.1. The molecule has 0 amide bonds. The SMILES string of the molecule is CCCN(CCC)P(F)(N(CCC)CCC)(N(CCC)CCC)N(CCC)CCC. The molecular weight excluding hydrogens is 394 g/mol. The molecule has 184 valence electrons. The van der Waals surface area contributed by atoms with E-state index in [0.29, 0.717) is 0 Å². The third kappa shape index (κ3) is 6.61. The van der Waals surface area contributed by atoms with Gasteiger partial charge >= 0.3 is 190 Å². The standard InChI is InChI=1S/C24H56FN4P/c1-9-17-26(18-10-2)30(25,27(19-11-3)20-12-4,28(21-13-5)22-14-6)29(23-15-7)24-16-8/h9-24H2,1-8H3. The molecule has 30 heavy (non-hydrogen) atoms. The summed E-state index contributed by atoms with van der Waals surface area (Å²) in [5.74, 6) is 0. The first-order valence-corrected chi connectivity index (χ1v) is 15.1. The number of nitrogens with zero attached hydrogens (tertiary/aromatic N) is 4. The summed E-state index contributed by atoms with van der Waals surface area (Å²) in [6.45, 7) is 24.3. The third-order valence-corrected chi connectivity index (χ3v) is 11.3. The van der Waals surface area contributed by atoms with Crippen molar-refractivity contribution in [1.29, 1.82) is 0 Å². The van der Waals surface area contributed by atoms with E-state index in [2.05, 4.69) is 74.1 Å². The van der Waals surface area contributed by atoms with Gasteiger partial charge in [0.1, 0.15) is 0 Å². The average Bonchev–Trinajstić information content (AvgIpc) is 2.73. The van der Waals surface area contributed by atoms with E-state index in [9.17, 15) is 0 Å². The van der Waals surface area contributed by atoms with Crippen molar-refractivity contribution < 1.29 is 4.20 Å². The molecule has 0 aromatic heterocycles. The summed E-state index contributed by atoms with van der Waals surface area (Å²) in [5, 5.41) is 0. The number of hydrogen-bond donors (Lipinski definition) is 0. The van der Waals surface area contributed by atoms with Crippen molar-refractivity contribution in [2.75, 3.05) is 52.4 Å². The van der Waals surface area contributed by atoms with Gasteiger partial charge in [0.25, 0.3) is 0 Å².